The van der Waals surface area contributed by atoms with Crippen LogP contribution in [0.25, 0.3) is 0 Å². The van der Waals surface area contributed by atoms with Crippen molar-refractivity contribution in [1.82, 2.24) is 6.15 Å². The molecule has 15 N–H and O–H groups in total. The van der Waals surface area contributed by atoms with Gasteiger partial charge in [0.15, 0.2) is 0 Å². The maximum absolute atomic E-state index is 10.4. The number of hydrogen-bond donors (Lipinski definition) is 13. The van der Waals surface area contributed by atoms with E-state index < -0.39 is 87.9 Å². The Morgan fingerprint density at radius 2 is 0.290 bits per heavy atom. The van der Waals surface area contributed by atoms with Crippen LogP contribution >= 0.6 is 0 Å². The Kier molecular flexibility index (Phi) is 32.8. The normalized spacial score (nSPS) is 11.4. The van der Waals surface area contributed by atoms with E-state index in [-0.39, 0.29) is 6.15 Å². The van der Waals surface area contributed by atoms with E-state index in [1.165, 1.54) is 0 Å². The van der Waals surface area contributed by atoms with Gasteiger partial charge in [0.2, 0.25) is 0 Å². The molecule has 0 spiro atoms. The Labute approximate surface area is 185 Å². The van der Waals surface area contributed by atoms with Crippen LogP contribution in [0.1, 0.15) is 0 Å². The molecule has 0 aliphatic heterocycles. The SMILES string of the molecule is N.O=[As](O)(O)F.O=[As](O)(O)F.O=[As](O)(O)F.O=[As](O)(O)F.O=[As](O)(O)F.O=[As](O)(O)F. The van der Waals surface area contributed by atoms with Crippen LogP contribution in [-0.2, 0) is 22.4 Å². The van der Waals surface area contributed by atoms with E-state index in [4.69, 9.17) is 71.6 Å². The van der Waals surface area contributed by atoms with Gasteiger partial charge in [0, 0.05) is 0 Å². The van der Waals surface area contributed by atoms with E-state index in [1.807, 2.05) is 0 Å². The van der Waals surface area contributed by atoms with Crippen LogP contribution in [0, 0.1) is 0 Å². The van der Waals surface area contributed by atoms with Gasteiger partial charge in [-0.3, -0.25) is 0 Å². The molecule has 0 aliphatic rings. The molecule has 0 radical (unpaired) electrons. The molecule has 200 valence electrons. The first kappa shape index (κ1) is 49.4. The summed E-state index contributed by atoms with van der Waals surface area (Å²) in [5.74, 6) is 0. The third kappa shape index (κ3) is 18200. The van der Waals surface area contributed by atoms with Crippen LogP contribution in [0.15, 0.2) is 0 Å². The first-order valence-electron chi connectivity index (χ1n) is 4.51. The van der Waals surface area contributed by atoms with Gasteiger partial charge >= 0.3 is 180 Å². The van der Waals surface area contributed by atoms with E-state index in [1.54, 1.807) is 0 Å². The van der Waals surface area contributed by atoms with Crippen LogP contribution in [0.5, 0.6) is 0 Å². The summed E-state index contributed by atoms with van der Waals surface area (Å²) in [5, 5.41) is 0. The molecule has 0 fully saturated rings. The fraction of sp³-hybridized carbons (Fsp3) is 0. The summed E-state index contributed by atoms with van der Waals surface area (Å²) in [5.41, 5.74) is 0. The average Bonchev–Trinajstić information content (AvgIpc) is 1.94. The van der Waals surface area contributed by atoms with Crippen molar-refractivity contribution in [2.24, 2.45) is 0 Å². The molecule has 0 unspecified atom stereocenters. The summed E-state index contributed by atoms with van der Waals surface area (Å²) in [6, 6.07) is 0. The summed E-state index contributed by atoms with van der Waals surface area (Å²) >= 11 is -33.8. The molecular formula is H15As6F6NO18. The monoisotopic (exact) mass is 881 g/mol. The van der Waals surface area contributed by atoms with Crippen molar-refractivity contribution in [3.05, 3.63) is 0 Å². The number of halogens is 6. The van der Waals surface area contributed by atoms with Crippen LogP contribution in [0.3, 0.4) is 0 Å². The molecule has 0 aromatic rings. The molecule has 0 amide bonds. The van der Waals surface area contributed by atoms with Crippen LogP contribution < -0.4 is 6.15 Å². The molecule has 31 heavy (non-hydrogen) atoms. The second-order valence-electron chi connectivity index (χ2n) is 2.84. The Hall–Kier alpha value is 1.21. The predicted octanol–water partition coefficient (Wildman–Crippen LogP) is -7.00. The summed E-state index contributed by atoms with van der Waals surface area (Å²) in [6.45, 7) is 0. The second-order valence-corrected chi connectivity index (χ2v) is 14.7. The first-order valence-corrected chi connectivity index (χ1v) is 23.4. The van der Waals surface area contributed by atoms with Gasteiger partial charge in [-0.05, 0) is 0 Å². The quantitative estimate of drug-likeness (QED) is 0.0794. The van der Waals surface area contributed by atoms with Crippen molar-refractivity contribution in [3.63, 3.8) is 0 Å². The van der Waals surface area contributed by atoms with Gasteiger partial charge < -0.3 is 6.15 Å². The molecule has 31 heteroatoms. The van der Waals surface area contributed by atoms with E-state index in [9.17, 15) is 20.8 Å². The molecule has 0 heterocycles. The minimum absolute atomic E-state index is 0. The van der Waals surface area contributed by atoms with Gasteiger partial charge in [0.25, 0.3) is 0 Å². The van der Waals surface area contributed by atoms with Crippen molar-refractivity contribution >= 4 is 87.9 Å². The Morgan fingerprint density at radius 3 is 0.290 bits per heavy atom. The van der Waals surface area contributed by atoms with Gasteiger partial charge in [-0.1, -0.05) is 0 Å². The van der Waals surface area contributed by atoms with Crippen LogP contribution in [0.2, 0.25) is 0 Å². The third-order valence-electron chi connectivity index (χ3n) is 0. The standard InChI is InChI=1S/6AsFH2O3.H3N/c6*2-1(3,4)5;/h6*(H2,3,4,5);1H3. The minimum atomic E-state index is -5.62. The van der Waals surface area contributed by atoms with E-state index in [2.05, 4.69) is 0 Å². The molecule has 0 saturated heterocycles. The Balaban J connectivity index is -0.0000000443. The van der Waals surface area contributed by atoms with Crippen molar-refractivity contribution in [2.75, 3.05) is 0 Å². The molecule has 0 rings (SSSR count). The fourth-order valence-electron chi connectivity index (χ4n) is 0. The molecule has 0 saturated carbocycles. The molecule has 0 aromatic carbocycles. The summed E-state index contributed by atoms with van der Waals surface area (Å²) in [4.78, 5) is 0. The van der Waals surface area contributed by atoms with Gasteiger partial charge in [-0.25, -0.2) is 0 Å². The second kappa shape index (κ2) is 20.6. The van der Waals surface area contributed by atoms with Crippen LogP contribution in [-0.4, -0.2) is 137 Å². The number of rotatable bonds is 0. The molecular weight excluding hydrogens is 866 g/mol. The van der Waals surface area contributed by atoms with Gasteiger partial charge in [-0.2, -0.15) is 0 Å². The van der Waals surface area contributed by atoms with Gasteiger partial charge in [-0.15, -0.1) is 0 Å². The van der Waals surface area contributed by atoms with Gasteiger partial charge in [0.1, 0.15) is 0 Å². The Bertz CT molecular complexity index is 480. The summed E-state index contributed by atoms with van der Waals surface area (Å²) in [6.07, 6.45) is 0. The van der Waals surface area contributed by atoms with Crippen LogP contribution in [0.4, 0.5) is 20.8 Å². The summed E-state index contributed by atoms with van der Waals surface area (Å²) in [7, 11) is 0. The van der Waals surface area contributed by atoms with Crippen molar-refractivity contribution in [2.45, 2.75) is 0 Å². The molecule has 0 aliphatic carbocycles. The third-order valence-corrected chi connectivity index (χ3v) is 0. The van der Waals surface area contributed by atoms with E-state index >= 15 is 0 Å². The zero-order valence-electron chi connectivity index (χ0n) is 13.5. The first-order chi connectivity index (χ1) is 12.0. The molecule has 0 bridgehead atoms. The molecule has 19 nitrogen and oxygen atoms in total. The molecule has 0 atom stereocenters. The maximum atomic E-state index is 10.4. The zero-order chi connectivity index (χ0) is 27.0. The summed E-state index contributed by atoms with van der Waals surface area (Å²) < 4.78 is 199. The average molecular weight is 881 g/mol. The van der Waals surface area contributed by atoms with Crippen molar-refractivity contribution in [3.8, 4) is 0 Å². The number of hydrogen-bond acceptors (Lipinski definition) is 7. The topological polar surface area (TPSA) is 380 Å². The fourth-order valence-corrected chi connectivity index (χ4v) is 0. The van der Waals surface area contributed by atoms with Crippen molar-refractivity contribution < 1.29 is 92.4 Å². The predicted molar refractivity (Wildman–Crippen MR) is 76.9 cm³/mol. The van der Waals surface area contributed by atoms with Crippen molar-refractivity contribution in [1.29, 1.82) is 0 Å². The zero-order valence-corrected chi connectivity index (χ0v) is 24.7. The Morgan fingerprint density at radius 1 is 0.290 bits per heavy atom. The van der Waals surface area contributed by atoms with E-state index in [0.717, 1.165) is 0 Å². The van der Waals surface area contributed by atoms with E-state index in [0.29, 0.717) is 0 Å². The molecule has 0 aromatic heterocycles. The van der Waals surface area contributed by atoms with Gasteiger partial charge in [0.05, 0.1) is 0 Å².